The second-order valence-electron chi connectivity index (χ2n) is 5.17. The number of aryl methyl sites for hydroxylation is 2. The van der Waals surface area contributed by atoms with Crippen LogP contribution in [0.2, 0.25) is 0 Å². The molecule has 0 saturated heterocycles. The normalized spacial score (nSPS) is 10.8. The Kier molecular flexibility index (Phi) is 3.48. The Balaban J connectivity index is 2.13. The molecular formula is C18H19N3. The molecule has 0 amide bonds. The van der Waals surface area contributed by atoms with Crippen LogP contribution in [0.4, 0.5) is 5.82 Å². The third kappa shape index (κ3) is 2.55. The number of nitrogen functional groups attached to an aromatic ring is 1. The summed E-state index contributed by atoms with van der Waals surface area (Å²) in [7, 11) is 1.86. The number of nitrogens with two attached hydrogens (primary N) is 1. The molecule has 0 aliphatic rings. The quantitative estimate of drug-likeness (QED) is 0.789. The van der Waals surface area contributed by atoms with Crippen LogP contribution in [-0.2, 0) is 13.5 Å². The maximum absolute atomic E-state index is 5.88. The molecule has 1 heterocycles. The number of aromatic nitrogens is 2. The first-order chi connectivity index (χ1) is 10.2. The van der Waals surface area contributed by atoms with Crippen molar-refractivity contribution >= 4 is 5.82 Å². The fourth-order valence-corrected chi connectivity index (χ4v) is 2.55. The van der Waals surface area contributed by atoms with Gasteiger partial charge in [0.2, 0.25) is 0 Å². The largest absolute Gasteiger partial charge is 0.384 e. The van der Waals surface area contributed by atoms with Crippen molar-refractivity contribution < 1.29 is 0 Å². The molecule has 0 bridgehead atoms. The summed E-state index contributed by atoms with van der Waals surface area (Å²) in [5.74, 6) is 0.672. The molecule has 0 saturated carbocycles. The average Bonchev–Trinajstić information content (AvgIpc) is 2.87. The lowest BCUT2D eigenvalue weighted by molar-refractivity contribution is 0.782. The summed E-state index contributed by atoms with van der Waals surface area (Å²) >= 11 is 0. The van der Waals surface area contributed by atoms with E-state index in [0.717, 1.165) is 17.7 Å². The van der Waals surface area contributed by atoms with E-state index in [9.17, 15) is 0 Å². The van der Waals surface area contributed by atoms with Crippen LogP contribution in [0.15, 0.2) is 54.6 Å². The van der Waals surface area contributed by atoms with Crippen molar-refractivity contribution in [3.8, 4) is 22.4 Å². The highest BCUT2D eigenvalue weighted by Gasteiger charge is 2.09. The van der Waals surface area contributed by atoms with Crippen molar-refractivity contribution in [1.82, 2.24) is 9.78 Å². The van der Waals surface area contributed by atoms with Crippen LogP contribution in [0.5, 0.6) is 0 Å². The van der Waals surface area contributed by atoms with E-state index in [1.165, 1.54) is 16.7 Å². The Labute approximate surface area is 125 Å². The van der Waals surface area contributed by atoms with Crippen LogP contribution >= 0.6 is 0 Å². The van der Waals surface area contributed by atoms with Crippen molar-refractivity contribution in [3.05, 3.63) is 60.2 Å². The molecule has 3 heteroatoms. The minimum atomic E-state index is 0.672. The van der Waals surface area contributed by atoms with Crippen molar-refractivity contribution in [2.24, 2.45) is 7.05 Å². The van der Waals surface area contributed by atoms with Gasteiger partial charge in [0, 0.05) is 18.7 Å². The smallest absolute Gasteiger partial charge is 0.121 e. The van der Waals surface area contributed by atoms with Crippen LogP contribution in [0.3, 0.4) is 0 Å². The second-order valence-corrected chi connectivity index (χ2v) is 5.17. The van der Waals surface area contributed by atoms with Gasteiger partial charge in [0.25, 0.3) is 0 Å². The van der Waals surface area contributed by atoms with Crippen LogP contribution in [0, 0.1) is 0 Å². The molecule has 2 aromatic carbocycles. The molecule has 21 heavy (non-hydrogen) atoms. The third-order valence-electron chi connectivity index (χ3n) is 3.79. The lowest BCUT2D eigenvalue weighted by atomic mass is 9.95. The highest BCUT2D eigenvalue weighted by atomic mass is 15.3. The number of benzene rings is 2. The second kappa shape index (κ2) is 5.44. The molecule has 3 rings (SSSR count). The number of hydrogen-bond acceptors (Lipinski definition) is 2. The minimum absolute atomic E-state index is 0.672. The van der Waals surface area contributed by atoms with Crippen LogP contribution in [-0.4, -0.2) is 9.78 Å². The summed E-state index contributed by atoms with van der Waals surface area (Å²) in [6.45, 7) is 2.18. The van der Waals surface area contributed by atoms with E-state index >= 15 is 0 Å². The molecular weight excluding hydrogens is 258 g/mol. The van der Waals surface area contributed by atoms with Crippen LogP contribution in [0.1, 0.15) is 12.5 Å². The van der Waals surface area contributed by atoms with E-state index in [2.05, 4.69) is 54.5 Å². The molecule has 0 aliphatic heterocycles. The fourth-order valence-electron chi connectivity index (χ4n) is 2.55. The Morgan fingerprint density at radius 2 is 1.76 bits per heavy atom. The summed E-state index contributed by atoms with van der Waals surface area (Å²) in [6.07, 6.45) is 1.01. The Hall–Kier alpha value is -2.55. The predicted octanol–water partition coefficient (Wildman–Crippen LogP) is 3.90. The van der Waals surface area contributed by atoms with E-state index in [1.54, 1.807) is 4.68 Å². The Morgan fingerprint density at radius 3 is 2.38 bits per heavy atom. The van der Waals surface area contributed by atoms with Crippen LogP contribution < -0.4 is 5.73 Å². The van der Waals surface area contributed by atoms with Crippen molar-refractivity contribution in [2.75, 3.05) is 5.73 Å². The van der Waals surface area contributed by atoms with Gasteiger partial charge >= 0.3 is 0 Å². The molecule has 0 atom stereocenters. The molecule has 0 spiro atoms. The first-order valence-corrected chi connectivity index (χ1v) is 7.17. The lowest BCUT2D eigenvalue weighted by Crippen LogP contribution is -1.96. The van der Waals surface area contributed by atoms with E-state index in [-0.39, 0.29) is 0 Å². The van der Waals surface area contributed by atoms with E-state index in [0.29, 0.717) is 5.82 Å². The molecule has 3 nitrogen and oxygen atoms in total. The maximum atomic E-state index is 5.88. The third-order valence-corrected chi connectivity index (χ3v) is 3.79. The van der Waals surface area contributed by atoms with Gasteiger partial charge in [-0.3, -0.25) is 4.68 Å². The number of nitrogens with zero attached hydrogens (tertiary/aromatic N) is 2. The Bertz CT molecular complexity index is 738. The predicted molar refractivity (Wildman–Crippen MR) is 87.9 cm³/mol. The summed E-state index contributed by atoms with van der Waals surface area (Å²) in [5, 5.41) is 4.46. The first-order valence-electron chi connectivity index (χ1n) is 7.17. The van der Waals surface area contributed by atoms with Crippen molar-refractivity contribution in [3.63, 3.8) is 0 Å². The number of rotatable bonds is 3. The highest BCUT2D eigenvalue weighted by molar-refractivity contribution is 5.75. The van der Waals surface area contributed by atoms with E-state index < -0.39 is 0 Å². The zero-order chi connectivity index (χ0) is 14.8. The zero-order valence-corrected chi connectivity index (χ0v) is 12.4. The van der Waals surface area contributed by atoms with Crippen molar-refractivity contribution in [2.45, 2.75) is 13.3 Å². The standard InChI is InChI=1S/C18H19N3/c1-3-13-9-10-15(17-12-18(19)21(2)20-17)11-16(13)14-7-5-4-6-8-14/h4-12H,3,19H2,1-2H3. The fraction of sp³-hybridized carbons (Fsp3) is 0.167. The van der Waals surface area contributed by atoms with Gasteiger partial charge in [-0.1, -0.05) is 49.4 Å². The highest BCUT2D eigenvalue weighted by Crippen LogP contribution is 2.30. The molecule has 0 radical (unpaired) electrons. The van der Waals surface area contributed by atoms with Gasteiger partial charge in [0.1, 0.15) is 5.82 Å². The summed E-state index contributed by atoms with van der Waals surface area (Å²) in [4.78, 5) is 0. The van der Waals surface area contributed by atoms with Gasteiger partial charge in [0.05, 0.1) is 5.69 Å². The van der Waals surface area contributed by atoms with Gasteiger partial charge in [-0.2, -0.15) is 5.10 Å². The van der Waals surface area contributed by atoms with Gasteiger partial charge in [-0.05, 0) is 29.2 Å². The lowest BCUT2D eigenvalue weighted by Gasteiger charge is -2.10. The van der Waals surface area contributed by atoms with Crippen LogP contribution in [0.25, 0.3) is 22.4 Å². The summed E-state index contributed by atoms with van der Waals surface area (Å²) < 4.78 is 1.70. The summed E-state index contributed by atoms with van der Waals surface area (Å²) in [5.41, 5.74) is 11.7. The minimum Gasteiger partial charge on any atom is -0.384 e. The van der Waals surface area contributed by atoms with Crippen molar-refractivity contribution in [1.29, 1.82) is 0 Å². The average molecular weight is 277 g/mol. The Morgan fingerprint density at radius 1 is 1.00 bits per heavy atom. The molecule has 3 aromatic rings. The number of hydrogen-bond donors (Lipinski definition) is 1. The van der Waals surface area contributed by atoms with E-state index in [1.807, 2.05) is 19.2 Å². The topological polar surface area (TPSA) is 43.8 Å². The van der Waals surface area contributed by atoms with Gasteiger partial charge < -0.3 is 5.73 Å². The molecule has 106 valence electrons. The first kappa shape index (κ1) is 13.4. The van der Waals surface area contributed by atoms with Gasteiger partial charge in [-0.15, -0.1) is 0 Å². The SMILES string of the molecule is CCc1ccc(-c2cc(N)n(C)n2)cc1-c1ccccc1. The molecule has 0 fully saturated rings. The molecule has 0 unspecified atom stereocenters. The molecule has 2 N–H and O–H groups in total. The van der Waals surface area contributed by atoms with Gasteiger partial charge in [0.15, 0.2) is 0 Å². The number of anilines is 1. The van der Waals surface area contributed by atoms with E-state index in [4.69, 9.17) is 5.73 Å². The monoisotopic (exact) mass is 277 g/mol. The molecule has 0 aliphatic carbocycles. The zero-order valence-electron chi connectivity index (χ0n) is 12.4. The maximum Gasteiger partial charge on any atom is 0.121 e. The summed E-state index contributed by atoms with van der Waals surface area (Å²) in [6, 6.07) is 18.9. The van der Waals surface area contributed by atoms with Gasteiger partial charge in [-0.25, -0.2) is 0 Å². The molecule has 1 aromatic heterocycles.